The van der Waals surface area contributed by atoms with Gasteiger partial charge in [-0.2, -0.15) is 9.97 Å². The molecule has 0 fully saturated rings. The molecular formula is C19H25N5O4. The molecule has 3 rings (SSSR count). The Morgan fingerprint density at radius 1 is 0.893 bits per heavy atom. The van der Waals surface area contributed by atoms with Crippen LogP contribution < -0.4 is 10.5 Å². The molecule has 0 saturated heterocycles. The van der Waals surface area contributed by atoms with Crippen LogP contribution >= 0.6 is 0 Å². The van der Waals surface area contributed by atoms with Gasteiger partial charge in [0.1, 0.15) is 12.1 Å². The molecule has 0 amide bonds. The van der Waals surface area contributed by atoms with Gasteiger partial charge in [-0.05, 0) is 18.1 Å². The Balaban J connectivity index is 1.40. The number of hydrogen-bond acceptors (Lipinski definition) is 8. The van der Waals surface area contributed by atoms with E-state index < -0.39 is 0 Å². The van der Waals surface area contributed by atoms with Crippen LogP contribution in [-0.2, 0) is 27.4 Å². The minimum Gasteiger partial charge on any atom is -0.471 e. The van der Waals surface area contributed by atoms with Crippen molar-refractivity contribution in [3.63, 3.8) is 0 Å². The van der Waals surface area contributed by atoms with Crippen LogP contribution in [0, 0.1) is 0 Å². The molecule has 0 aliphatic rings. The predicted octanol–water partition coefficient (Wildman–Crippen LogP) is 2.08. The lowest BCUT2D eigenvalue weighted by atomic mass is 10.1. The number of nitrogens with one attached hydrogen (secondary N) is 1. The van der Waals surface area contributed by atoms with E-state index in [-0.39, 0.29) is 5.95 Å². The Bertz CT molecular complexity index is 853. The maximum absolute atomic E-state index is 5.78. The highest BCUT2D eigenvalue weighted by molar-refractivity contribution is 5.76. The van der Waals surface area contributed by atoms with Crippen molar-refractivity contribution in [1.29, 1.82) is 0 Å². The average molecular weight is 387 g/mol. The summed E-state index contributed by atoms with van der Waals surface area (Å²) in [6.07, 6.45) is 1.53. The number of fused-ring (bicyclic) bond motifs is 1. The Kier molecular flexibility index (Phi) is 7.53. The van der Waals surface area contributed by atoms with Gasteiger partial charge in [-0.25, -0.2) is 4.98 Å². The normalized spacial score (nSPS) is 11.2. The van der Waals surface area contributed by atoms with Crippen molar-refractivity contribution >= 4 is 17.1 Å². The third-order valence-electron chi connectivity index (χ3n) is 3.89. The predicted molar refractivity (Wildman–Crippen MR) is 104 cm³/mol. The molecule has 0 radical (unpaired) electrons. The summed E-state index contributed by atoms with van der Waals surface area (Å²) in [4.78, 5) is 15.2. The van der Waals surface area contributed by atoms with E-state index in [4.69, 9.17) is 24.7 Å². The maximum atomic E-state index is 5.78. The zero-order chi connectivity index (χ0) is 19.6. The standard InChI is InChI=1S/C19H25N5O4/c1-2-25-7-8-26-9-10-27-11-14-3-5-15(6-4-14)12-28-18-16-17(22-13-21-16)23-19(20)24-18/h3-6,13H,2,7-12H2,1H3,(H3,20,21,22,23,24). The van der Waals surface area contributed by atoms with Crippen molar-refractivity contribution < 1.29 is 18.9 Å². The number of imidazole rings is 1. The van der Waals surface area contributed by atoms with Crippen LogP contribution in [0.4, 0.5) is 5.95 Å². The quantitative estimate of drug-likeness (QED) is 0.454. The molecule has 150 valence electrons. The van der Waals surface area contributed by atoms with Crippen molar-refractivity contribution in [2.45, 2.75) is 20.1 Å². The highest BCUT2D eigenvalue weighted by atomic mass is 16.5. The van der Waals surface area contributed by atoms with E-state index in [2.05, 4.69) is 19.9 Å². The summed E-state index contributed by atoms with van der Waals surface area (Å²) in [6.45, 7) is 5.89. The minimum atomic E-state index is 0.129. The fraction of sp³-hybridized carbons (Fsp3) is 0.421. The van der Waals surface area contributed by atoms with E-state index in [1.165, 1.54) is 6.33 Å². The Morgan fingerprint density at radius 2 is 1.57 bits per heavy atom. The summed E-state index contributed by atoms with van der Waals surface area (Å²) in [6, 6.07) is 8.00. The van der Waals surface area contributed by atoms with Crippen molar-refractivity contribution in [2.75, 3.05) is 38.8 Å². The second-order valence-electron chi connectivity index (χ2n) is 5.96. The van der Waals surface area contributed by atoms with Crippen LogP contribution in [-0.4, -0.2) is 53.0 Å². The fourth-order valence-electron chi connectivity index (χ4n) is 2.48. The zero-order valence-corrected chi connectivity index (χ0v) is 15.9. The highest BCUT2D eigenvalue weighted by Gasteiger charge is 2.09. The van der Waals surface area contributed by atoms with Gasteiger partial charge < -0.3 is 29.7 Å². The van der Waals surface area contributed by atoms with Crippen molar-refractivity contribution in [3.8, 4) is 5.88 Å². The number of benzene rings is 1. The van der Waals surface area contributed by atoms with E-state index in [1.807, 2.05) is 31.2 Å². The molecule has 0 atom stereocenters. The van der Waals surface area contributed by atoms with Gasteiger partial charge in [0, 0.05) is 6.61 Å². The van der Waals surface area contributed by atoms with E-state index in [0.29, 0.717) is 63.3 Å². The molecule has 2 aromatic heterocycles. The van der Waals surface area contributed by atoms with E-state index in [1.54, 1.807) is 0 Å². The van der Waals surface area contributed by atoms with Gasteiger partial charge in [0.15, 0.2) is 5.65 Å². The van der Waals surface area contributed by atoms with Crippen LogP contribution in [0.2, 0.25) is 0 Å². The summed E-state index contributed by atoms with van der Waals surface area (Å²) in [7, 11) is 0. The summed E-state index contributed by atoms with van der Waals surface area (Å²) >= 11 is 0. The Hall–Kier alpha value is -2.75. The largest absolute Gasteiger partial charge is 0.471 e. The van der Waals surface area contributed by atoms with E-state index in [9.17, 15) is 0 Å². The van der Waals surface area contributed by atoms with Crippen molar-refractivity contribution in [1.82, 2.24) is 19.9 Å². The molecule has 0 aliphatic heterocycles. The molecule has 2 heterocycles. The Morgan fingerprint density at radius 3 is 2.32 bits per heavy atom. The summed E-state index contributed by atoms with van der Waals surface area (Å²) in [5.74, 6) is 0.515. The molecule has 0 unspecified atom stereocenters. The molecule has 28 heavy (non-hydrogen) atoms. The number of hydrogen-bond donors (Lipinski definition) is 2. The zero-order valence-electron chi connectivity index (χ0n) is 15.9. The van der Waals surface area contributed by atoms with Crippen LogP contribution in [0.3, 0.4) is 0 Å². The molecule has 0 saturated carbocycles. The first kappa shape index (κ1) is 20.0. The molecule has 3 N–H and O–H groups in total. The summed E-state index contributed by atoms with van der Waals surface area (Å²) < 4.78 is 22.0. The molecule has 0 aliphatic carbocycles. The summed E-state index contributed by atoms with van der Waals surface area (Å²) in [5, 5.41) is 0. The van der Waals surface area contributed by atoms with Gasteiger partial charge in [0.05, 0.1) is 39.4 Å². The van der Waals surface area contributed by atoms with E-state index >= 15 is 0 Å². The third kappa shape index (κ3) is 5.88. The molecule has 0 spiro atoms. The molecule has 3 aromatic rings. The molecule has 1 aromatic carbocycles. The highest BCUT2D eigenvalue weighted by Crippen LogP contribution is 2.20. The minimum absolute atomic E-state index is 0.129. The van der Waals surface area contributed by atoms with Crippen LogP contribution in [0.5, 0.6) is 5.88 Å². The lowest BCUT2D eigenvalue weighted by Gasteiger charge is -2.08. The van der Waals surface area contributed by atoms with E-state index in [0.717, 1.165) is 11.1 Å². The van der Waals surface area contributed by atoms with Crippen molar-refractivity contribution in [3.05, 3.63) is 41.7 Å². The monoisotopic (exact) mass is 387 g/mol. The lowest BCUT2D eigenvalue weighted by molar-refractivity contribution is 0.0128. The number of anilines is 1. The second kappa shape index (κ2) is 10.5. The lowest BCUT2D eigenvalue weighted by Crippen LogP contribution is -2.09. The number of rotatable bonds is 12. The van der Waals surface area contributed by atoms with Crippen LogP contribution in [0.1, 0.15) is 18.1 Å². The smallest absolute Gasteiger partial charge is 0.245 e. The summed E-state index contributed by atoms with van der Waals surface area (Å²) in [5.41, 5.74) is 8.89. The van der Waals surface area contributed by atoms with Crippen LogP contribution in [0.15, 0.2) is 30.6 Å². The fourth-order valence-corrected chi connectivity index (χ4v) is 2.48. The number of aromatic nitrogens is 4. The maximum Gasteiger partial charge on any atom is 0.245 e. The number of aromatic amines is 1. The molecular weight excluding hydrogens is 362 g/mol. The first-order chi connectivity index (χ1) is 13.8. The average Bonchev–Trinajstić information content (AvgIpc) is 3.17. The van der Waals surface area contributed by atoms with Crippen LogP contribution in [0.25, 0.3) is 11.2 Å². The van der Waals surface area contributed by atoms with Gasteiger partial charge >= 0.3 is 0 Å². The first-order valence-corrected chi connectivity index (χ1v) is 9.16. The topological polar surface area (TPSA) is 117 Å². The van der Waals surface area contributed by atoms with Gasteiger partial charge in [0.25, 0.3) is 0 Å². The molecule has 9 heteroatoms. The molecule has 0 bridgehead atoms. The van der Waals surface area contributed by atoms with Gasteiger partial charge in [-0.3, -0.25) is 0 Å². The number of nitrogens with two attached hydrogens (primary N) is 1. The second-order valence-corrected chi connectivity index (χ2v) is 5.96. The number of nitrogen functional groups attached to an aromatic ring is 1. The first-order valence-electron chi connectivity index (χ1n) is 9.16. The van der Waals surface area contributed by atoms with Gasteiger partial charge in [0.2, 0.25) is 11.8 Å². The van der Waals surface area contributed by atoms with Gasteiger partial charge in [-0.1, -0.05) is 24.3 Å². The van der Waals surface area contributed by atoms with Crippen molar-refractivity contribution in [2.24, 2.45) is 0 Å². The third-order valence-corrected chi connectivity index (χ3v) is 3.89. The number of H-pyrrole nitrogens is 1. The number of ether oxygens (including phenoxy) is 4. The number of nitrogens with zero attached hydrogens (tertiary/aromatic N) is 3. The SMILES string of the molecule is CCOCCOCCOCc1ccc(COc2nc(N)nc3nc[nH]c23)cc1. The van der Waals surface area contributed by atoms with Gasteiger partial charge in [-0.15, -0.1) is 0 Å². The Labute approximate surface area is 163 Å². The molecule has 9 nitrogen and oxygen atoms in total.